The monoisotopic (exact) mass is 326 g/mol. The Labute approximate surface area is 139 Å². The predicted octanol–water partition coefficient (Wildman–Crippen LogP) is 3.88. The van der Waals surface area contributed by atoms with Crippen LogP contribution in [-0.4, -0.2) is 34.7 Å². The number of nitrogens with zero attached hydrogens (tertiary/aromatic N) is 2. The third-order valence-electron chi connectivity index (χ3n) is 4.18. The van der Waals surface area contributed by atoms with Crippen molar-refractivity contribution < 1.29 is 9.84 Å². The van der Waals surface area contributed by atoms with Gasteiger partial charge in [-0.1, -0.05) is 19.1 Å². The molecule has 118 valence electrons. The summed E-state index contributed by atoms with van der Waals surface area (Å²) in [5.41, 5.74) is 2.97. The lowest BCUT2D eigenvalue weighted by atomic mass is 10.1. The molecule has 0 saturated heterocycles. The van der Waals surface area contributed by atoms with Gasteiger partial charge in [-0.2, -0.15) is 0 Å². The van der Waals surface area contributed by atoms with Crippen molar-refractivity contribution in [1.29, 1.82) is 0 Å². The van der Waals surface area contributed by atoms with Gasteiger partial charge < -0.3 is 9.84 Å². The first-order valence-electron chi connectivity index (χ1n) is 7.81. The molecule has 0 unspecified atom stereocenters. The number of rotatable bonds is 2. The summed E-state index contributed by atoms with van der Waals surface area (Å²) < 4.78 is 6.91. The molecule has 4 rings (SSSR count). The number of hydrogen-bond donors (Lipinski definition) is 1. The van der Waals surface area contributed by atoms with Gasteiger partial charge in [0.05, 0.1) is 10.2 Å². The summed E-state index contributed by atoms with van der Waals surface area (Å²) in [6.45, 7) is 5.38. The lowest BCUT2D eigenvalue weighted by Crippen LogP contribution is -2.25. The maximum atomic E-state index is 10.4. The number of aromatic nitrogens is 1. The van der Waals surface area contributed by atoms with Crippen molar-refractivity contribution in [3.05, 3.63) is 42.0 Å². The van der Waals surface area contributed by atoms with Gasteiger partial charge in [-0.3, -0.25) is 4.90 Å². The van der Waals surface area contributed by atoms with Crippen LogP contribution < -0.4 is 4.74 Å². The van der Waals surface area contributed by atoms with Crippen LogP contribution in [0.3, 0.4) is 0 Å². The molecule has 5 heteroatoms. The van der Waals surface area contributed by atoms with Gasteiger partial charge in [0.1, 0.15) is 11.6 Å². The van der Waals surface area contributed by atoms with Crippen molar-refractivity contribution in [1.82, 2.24) is 9.88 Å². The first kappa shape index (κ1) is 14.5. The van der Waals surface area contributed by atoms with Gasteiger partial charge in [-0.25, -0.2) is 4.98 Å². The van der Waals surface area contributed by atoms with Gasteiger partial charge >= 0.3 is 0 Å². The smallest absolute Gasteiger partial charge is 0.165 e. The zero-order valence-electron chi connectivity index (χ0n) is 13.0. The molecule has 0 spiro atoms. The number of thiazole rings is 1. The molecule has 4 nitrogen and oxygen atoms in total. The molecule has 2 aromatic carbocycles. The number of benzene rings is 2. The van der Waals surface area contributed by atoms with Crippen LogP contribution in [0, 0.1) is 0 Å². The van der Waals surface area contributed by atoms with Crippen LogP contribution in [0.4, 0.5) is 0 Å². The minimum Gasteiger partial charge on any atom is -0.504 e. The molecule has 0 bridgehead atoms. The van der Waals surface area contributed by atoms with Crippen molar-refractivity contribution in [2.24, 2.45) is 0 Å². The normalized spacial score (nSPS) is 15.2. The summed E-state index contributed by atoms with van der Waals surface area (Å²) in [6.07, 6.45) is 0. The molecule has 1 aliphatic heterocycles. The molecule has 1 N–H and O–H groups in total. The van der Waals surface area contributed by atoms with Crippen LogP contribution in [0.1, 0.15) is 12.5 Å². The highest BCUT2D eigenvalue weighted by atomic mass is 32.1. The van der Waals surface area contributed by atoms with E-state index in [2.05, 4.69) is 28.9 Å². The van der Waals surface area contributed by atoms with Crippen molar-refractivity contribution in [3.63, 3.8) is 0 Å². The fourth-order valence-corrected chi connectivity index (χ4v) is 3.90. The molecule has 0 atom stereocenters. The molecule has 0 saturated carbocycles. The van der Waals surface area contributed by atoms with E-state index in [9.17, 15) is 5.11 Å². The molecule has 1 aromatic heterocycles. The van der Waals surface area contributed by atoms with Gasteiger partial charge in [-0.05, 0) is 30.8 Å². The van der Waals surface area contributed by atoms with E-state index < -0.39 is 0 Å². The second kappa shape index (κ2) is 5.83. The number of fused-ring (bicyclic) bond motifs is 2. The molecule has 3 aromatic rings. The summed E-state index contributed by atoms with van der Waals surface area (Å²) in [6, 6.07) is 12.0. The number of para-hydroxylation sites is 1. The second-order valence-corrected chi connectivity index (χ2v) is 6.72. The van der Waals surface area contributed by atoms with E-state index >= 15 is 0 Å². The average molecular weight is 326 g/mol. The predicted molar refractivity (Wildman–Crippen MR) is 93.2 cm³/mol. The zero-order chi connectivity index (χ0) is 15.8. The molecular weight excluding hydrogens is 308 g/mol. The largest absolute Gasteiger partial charge is 0.504 e. The average Bonchev–Trinajstić information content (AvgIpc) is 2.88. The van der Waals surface area contributed by atoms with Crippen LogP contribution in [0.15, 0.2) is 36.4 Å². The highest BCUT2D eigenvalue weighted by Crippen LogP contribution is 2.39. The third-order valence-corrected chi connectivity index (χ3v) is 5.27. The molecule has 1 aliphatic rings. The van der Waals surface area contributed by atoms with Crippen molar-refractivity contribution in [2.45, 2.75) is 13.5 Å². The van der Waals surface area contributed by atoms with Gasteiger partial charge in [0.15, 0.2) is 11.5 Å². The zero-order valence-corrected chi connectivity index (χ0v) is 13.8. The Morgan fingerprint density at radius 2 is 2.17 bits per heavy atom. The Hall–Kier alpha value is -2.11. The summed E-state index contributed by atoms with van der Waals surface area (Å²) in [7, 11) is 0. The number of ether oxygens (including phenoxy) is 1. The van der Waals surface area contributed by atoms with Crippen molar-refractivity contribution >= 4 is 21.6 Å². The Morgan fingerprint density at radius 3 is 3.00 bits per heavy atom. The first-order valence-corrected chi connectivity index (χ1v) is 8.63. The Bertz CT molecular complexity index is 826. The summed E-state index contributed by atoms with van der Waals surface area (Å²) in [4.78, 5) is 7.00. The maximum Gasteiger partial charge on any atom is 0.165 e. The third kappa shape index (κ3) is 2.66. The highest BCUT2D eigenvalue weighted by Gasteiger charge is 2.19. The van der Waals surface area contributed by atoms with Crippen LogP contribution in [0.5, 0.6) is 11.5 Å². The van der Waals surface area contributed by atoms with Gasteiger partial charge in [-0.15, -0.1) is 11.3 Å². The van der Waals surface area contributed by atoms with Crippen LogP contribution >= 0.6 is 11.3 Å². The molecule has 0 aliphatic carbocycles. The van der Waals surface area contributed by atoms with E-state index in [1.165, 1.54) is 0 Å². The number of phenolic OH excluding ortho intramolecular Hbond substituents is 1. The lowest BCUT2D eigenvalue weighted by molar-refractivity contribution is 0.231. The fraction of sp³-hybridized carbons (Fsp3) is 0.278. The Balaban J connectivity index is 1.80. The molecule has 0 amide bonds. The molecule has 23 heavy (non-hydrogen) atoms. The number of aromatic hydroxyl groups is 1. The minimum atomic E-state index is 0.203. The Morgan fingerprint density at radius 1 is 1.30 bits per heavy atom. The lowest BCUT2D eigenvalue weighted by Gasteiger charge is -2.16. The maximum absolute atomic E-state index is 10.4. The Kier molecular flexibility index (Phi) is 3.67. The quantitative estimate of drug-likeness (QED) is 0.776. The van der Waals surface area contributed by atoms with Crippen LogP contribution in [-0.2, 0) is 6.54 Å². The summed E-state index contributed by atoms with van der Waals surface area (Å²) in [5.74, 6) is 0.820. The van der Waals surface area contributed by atoms with E-state index in [1.807, 2.05) is 18.2 Å². The topological polar surface area (TPSA) is 45.6 Å². The summed E-state index contributed by atoms with van der Waals surface area (Å²) >= 11 is 1.64. The van der Waals surface area contributed by atoms with Gasteiger partial charge in [0.2, 0.25) is 0 Å². The second-order valence-electron chi connectivity index (χ2n) is 5.69. The van der Waals surface area contributed by atoms with Gasteiger partial charge in [0, 0.05) is 24.2 Å². The number of phenols is 1. The van der Waals surface area contributed by atoms with E-state index in [1.54, 1.807) is 17.4 Å². The SMILES string of the molecule is CCN1CCOc2c(O)cc(-c3nc4ccccc4s3)cc2C1. The van der Waals surface area contributed by atoms with Crippen molar-refractivity contribution in [2.75, 3.05) is 19.7 Å². The van der Waals surface area contributed by atoms with Crippen LogP contribution in [0.25, 0.3) is 20.8 Å². The standard InChI is InChI=1S/C18H18N2O2S/c1-2-20-7-8-22-17-13(11-20)9-12(10-15(17)21)18-19-14-5-3-4-6-16(14)23-18/h3-6,9-10,21H,2,7-8,11H2,1H3. The van der Waals surface area contributed by atoms with Crippen molar-refractivity contribution in [3.8, 4) is 22.1 Å². The number of hydrogen-bond acceptors (Lipinski definition) is 5. The van der Waals surface area contributed by atoms with E-state index in [-0.39, 0.29) is 5.75 Å². The van der Waals surface area contributed by atoms with E-state index in [4.69, 9.17) is 4.74 Å². The van der Waals surface area contributed by atoms with E-state index in [0.29, 0.717) is 12.4 Å². The molecule has 0 fully saturated rings. The number of likely N-dealkylation sites (N-methyl/N-ethyl adjacent to an activating group) is 1. The summed E-state index contributed by atoms with van der Waals surface area (Å²) in [5, 5.41) is 11.3. The molecular formula is C18H18N2O2S. The minimum absolute atomic E-state index is 0.203. The molecule has 2 heterocycles. The highest BCUT2D eigenvalue weighted by molar-refractivity contribution is 7.21. The first-order chi connectivity index (χ1) is 11.2. The van der Waals surface area contributed by atoms with Gasteiger partial charge in [0.25, 0.3) is 0 Å². The van der Waals surface area contributed by atoms with Crippen LogP contribution in [0.2, 0.25) is 0 Å². The fourth-order valence-electron chi connectivity index (χ4n) is 2.94. The van der Waals surface area contributed by atoms with E-state index in [0.717, 1.165) is 46.0 Å². The molecule has 0 radical (unpaired) electrons.